The van der Waals surface area contributed by atoms with E-state index in [0.29, 0.717) is 36.4 Å². The molecule has 1 atom stereocenters. The van der Waals surface area contributed by atoms with Crippen LogP contribution in [0.25, 0.3) is 11.5 Å². The molecule has 1 aliphatic rings. The van der Waals surface area contributed by atoms with Crippen molar-refractivity contribution in [1.29, 1.82) is 0 Å². The van der Waals surface area contributed by atoms with E-state index >= 15 is 0 Å². The number of benzene rings is 2. The lowest BCUT2D eigenvalue weighted by Crippen LogP contribution is -2.43. The maximum atomic E-state index is 13.0. The number of amides is 1. The summed E-state index contributed by atoms with van der Waals surface area (Å²) in [5.41, 5.74) is 0.679. The van der Waals surface area contributed by atoms with Crippen molar-refractivity contribution in [3.63, 3.8) is 0 Å². The number of hydrogen-bond acceptors (Lipinski definition) is 8. The Hall–Kier alpha value is -3.44. The van der Waals surface area contributed by atoms with Crippen molar-refractivity contribution in [2.24, 2.45) is 5.92 Å². The van der Waals surface area contributed by atoms with Crippen LogP contribution in [0.2, 0.25) is 0 Å². The van der Waals surface area contributed by atoms with Gasteiger partial charge in [-0.25, -0.2) is 8.42 Å². The second kappa shape index (κ2) is 9.59. The number of ether oxygens (including phenoxy) is 2. The van der Waals surface area contributed by atoms with Crippen LogP contribution in [0.15, 0.2) is 57.8 Å². The van der Waals surface area contributed by atoms with Gasteiger partial charge in [0.05, 0.1) is 25.0 Å². The molecule has 0 aliphatic carbocycles. The minimum absolute atomic E-state index is 0.0408. The first-order chi connectivity index (χ1) is 15.9. The predicted octanol–water partition coefficient (Wildman–Crippen LogP) is 2.79. The Kier molecular flexibility index (Phi) is 6.61. The Labute approximate surface area is 191 Å². The Balaban J connectivity index is 1.42. The largest absolute Gasteiger partial charge is 0.497 e. The zero-order valence-electron chi connectivity index (χ0n) is 18.2. The Morgan fingerprint density at radius 3 is 2.30 bits per heavy atom. The highest BCUT2D eigenvalue weighted by atomic mass is 32.2. The van der Waals surface area contributed by atoms with Gasteiger partial charge >= 0.3 is 6.01 Å². The van der Waals surface area contributed by atoms with Crippen molar-refractivity contribution in [2.45, 2.75) is 17.7 Å². The molecule has 1 aromatic heterocycles. The number of nitrogens with zero attached hydrogens (tertiary/aromatic N) is 3. The van der Waals surface area contributed by atoms with E-state index in [4.69, 9.17) is 13.9 Å². The first kappa shape index (κ1) is 22.7. The number of nitrogens with one attached hydrogen (secondary N) is 1. The maximum Gasteiger partial charge on any atom is 0.322 e. The van der Waals surface area contributed by atoms with Crippen molar-refractivity contribution in [3.05, 3.63) is 48.5 Å². The van der Waals surface area contributed by atoms with Gasteiger partial charge < -0.3 is 13.9 Å². The van der Waals surface area contributed by atoms with Gasteiger partial charge in [-0.2, -0.15) is 4.31 Å². The number of methoxy groups -OCH3 is 2. The van der Waals surface area contributed by atoms with Crippen LogP contribution in [0.1, 0.15) is 12.8 Å². The Morgan fingerprint density at radius 1 is 1.03 bits per heavy atom. The van der Waals surface area contributed by atoms with Crippen molar-refractivity contribution in [1.82, 2.24) is 14.5 Å². The Bertz CT molecular complexity index is 1210. The van der Waals surface area contributed by atoms with Gasteiger partial charge in [-0.3, -0.25) is 10.1 Å². The fourth-order valence-corrected chi connectivity index (χ4v) is 5.13. The summed E-state index contributed by atoms with van der Waals surface area (Å²) in [6.07, 6.45) is 1.12. The molecular formula is C22H24N4O6S. The molecule has 1 N–H and O–H groups in total. The number of rotatable bonds is 7. The first-order valence-electron chi connectivity index (χ1n) is 10.3. The molecule has 2 aromatic carbocycles. The molecule has 1 amide bonds. The minimum Gasteiger partial charge on any atom is -0.497 e. The summed E-state index contributed by atoms with van der Waals surface area (Å²) >= 11 is 0. The lowest BCUT2D eigenvalue weighted by atomic mass is 9.99. The lowest BCUT2D eigenvalue weighted by Gasteiger charge is -2.30. The molecule has 33 heavy (non-hydrogen) atoms. The van der Waals surface area contributed by atoms with Crippen LogP contribution in [-0.4, -0.2) is 56.1 Å². The standard InChI is InChI=1S/C22H24N4O6S/c1-30-17-7-5-15(6-8-17)21-24-25-22(32-21)23-20(27)16-4-3-13-26(14-16)33(28,29)19-11-9-18(31-2)10-12-19/h5-12,16H,3-4,13-14H2,1-2H3,(H,23,25,27). The molecular weight excluding hydrogens is 448 g/mol. The quantitative estimate of drug-likeness (QED) is 0.557. The highest BCUT2D eigenvalue weighted by Crippen LogP contribution is 2.27. The van der Waals surface area contributed by atoms with E-state index in [1.165, 1.54) is 23.5 Å². The number of aromatic nitrogens is 2. The third-order valence-corrected chi connectivity index (χ3v) is 7.32. The lowest BCUT2D eigenvalue weighted by molar-refractivity contribution is -0.121. The van der Waals surface area contributed by atoms with Crippen LogP contribution in [-0.2, 0) is 14.8 Å². The van der Waals surface area contributed by atoms with Gasteiger partial charge in [-0.05, 0) is 61.4 Å². The molecule has 174 valence electrons. The fourth-order valence-electron chi connectivity index (χ4n) is 3.60. The van der Waals surface area contributed by atoms with Gasteiger partial charge in [0.2, 0.25) is 21.8 Å². The average molecular weight is 473 g/mol. The van der Waals surface area contributed by atoms with Crippen molar-refractivity contribution in [3.8, 4) is 23.0 Å². The van der Waals surface area contributed by atoms with E-state index in [9.17, 15) is 13.2 Å². The van der Waals surface area contributed by atoms with Gasteiger partial charge in [0.25, 0.3) is 0 Å². The molecule has 2 heterocycles. The van der Waals surface area contributed by atoms with E-state index in [0.717, 1.165) is 0 Å². The summed E-state index contributed by atoms with van der Waals surface area (Å²) in [5, 5.41) is 10.4. The second-order valence-corrected chi connectivity index (χ2v) is 9.45. The van der Waals surface area contributed by atoms with Crippen LogP contribution in [0.3, 0.4) is 0 Å². The van der Waals surface area contributed by atoms with Crippen molar-refractivity contribution in [2.75, 3.05) is 32.6 Å². The number of sulfonamides is 1. The number of hydrogen-bond donors (Lipinski definition) is 1. The van der Waals surface area contributed by atoms with Crippen molar-refractivity contribution < 1.29 is 27.1 Å². The highest BCUT2D eigenvalue weighted by Gasteiger charge is 2.34. The molecule has 0 bridgehead atoms. The SMILES string of the molecule is COc1ccc(-c2nnc(NC(=O)C3CCCN(S(=O)(=O)c4ccc(OC)cc4)C3)o2)cc1. The summed E-state index contributed by atoms with van der Waals surface area (Å²) in [7, 11) is -0.640. The summed E-state index contributed by atoms with van der Waals surface area (Å²) in [5.74, 6) is 0.606. The summed E-state index contributed by atoms with van der Waals surface area (Å²) < 4.78 is 43.1. The van der Waals surface area contributed by atoms with E-state index in [2.05, 4.69) is 15.5 Å². The summed E-state index contributed by atoms with van der Waals surface area (Å²) in [6, 6.07) is 13.2. The Morgan fingerprint density at radius 2 is 1.67 bits per heavy atom. The van der Waals surface area contributed by atoms with E-state index in [1.54, 1.807) is 43.5 Å². The average Bonchev–Trinajstić information content (AvgIpc) is 3.32. The van der Waals surface area contributed by atoms with E-state index < -0.39 is 15.9 Å². The fraction of sp³-hybridized carbons (Fsp3) is 0.318. The molecule has 11 heteroatoms. The topological polar surface area (TPSA) is 124 Å². The molecule has 1 fully saturated rings. The zero-order valence-corrected chi connectivity index (χ0v) is 19.0. The van der Waals surface area contributed by atoms with E-state index in [1.807, 2.05) is 0 Å². The molecule has 1 saturated heterocycles. The third kappa shape index (κ3) is 4.99. The molecule has 1 aliphatic heterocycles. The smallest absolute Gasteiger partial charge is 0.322 e. The second-order valence-electron chi connectivity index (χ2n) is 7.51. The number of carbonyl (C=O) groups is 1. The summed E-state index contributed by atoms with van der Waals surface area (Å²) in [6.45, 7) is 0.417. The van der Waals surface area contributed by atoms with Gasteiger partial charge in [-0.1, -0.05) is 5.10 Å². The highest BCUT2D eigenvalue weighted by molar-refractivity contribution is 7.89. The monoisotopic (exact) mass is 472 g/mol. The molecule has 1 unspecified atom stereocenters. The maximum absolute atomic E-state index is 13.0. The molecule has 3 aromatic rings. The molecule has 0 saturated carbocycles. The molecule has 0 spiro atoms. The van der Waals surface area contributed by atoms with Gasteiger partial charge in [0.15, 0.2) is 0 Å². The molecule has 4 rings (SSSR count). The third-order valence-electron chi connectivity index (χ3n) is 5.44. The van der Waals surface area contributed by atoms with Gasteiger partial charge in [0.1, 0.15) is 11.5 Å². The van der Waals surface area contributed by atoms with Gasteiger partial charge in [-0.15, -0.1) is 5.10 Å². The van der Waals surface area contributed by atoms with Crippen LogP contribution < -0.4 is 14.8 Å². The summed E-state index contributed by atoms with van der Waals surface area (Å²) in [4.78, 5) is 13.0. The number of piperidine rings is 1. The van der Waals surface area contributed by atoms with Crippen LogP contribution in [0, 0.1) is 5.92 Å². The van der Waals surface area contributed by atoms with Crippen LogP contribution in [0.5, 0.6) is 11.5 Å². The zero-order chi connectivity index (χ0) is 23.4. The molecule has 10 nitrogen and oxygen atoms in total. The van der Waals surface area contributed by atoms with Crippen LogP contribution in [0.4, 0.5) is 6.01 Å². The number of anilines is 1. The van der Waals surface area contributed by atoms with E-state index in [-0.39, 0.29) is 29.3 Å². The first-order valence-corrected chi connectivity index (χ1v) is 11.8. The van der Waals surface area contributed by atoms with Crippen LogP contribution >= 0.6 is 0 Å². The van der Waals surface area contributed by atoms with Gasteiger partial charge in [0, 0.05) is 18.7 Å². The molecule has 0 radical (unpaired) electrons. The normalized spacial score (nSPS) is 16.8. The minimum atomic E-state index is -3.73. The number of carbonyl (C=O) groups excluding carboxylic acids is 1. The predicted molar refractivity (Wildman–Crippen MR) is 119 cm³/mol. The van der Waals surface area contributed by atoms with Crippen molar-refractivity contribution >= 4 is 21.9 Å².